The Morgan fingerprint density at radius 3 is 2.57 bits per heavy atom. The van der Waals surface area contributed by atoms with E-state index in [1.54, 1.807) is 24.3 Å². The Labute approximate surface area is 201 Å². The highest BCUT2D eigenvalue weighted by atomic mass is 32.2. The number of esters is 1. The Bertz CT molecular complexity index is 1370. The van der Waals surface area contributed by atoms with Crippen LogP contribution in [0.2, 0.25) is 0 Å². The van der Waals surface area contributed by atoms with Crippen LogP contribution in [-0.4, -0.2) is 67.3 Å². The number of aromatic nitrogens is 2. The molecule has 35 heavy (non-hydrogen) atoms. The molecule has 11 nitrogen and oxygen atoms in total. The average molecular weight is 496 g/mol. The fourth-order valence-corrected chi connectivity index (χ4v) is 4.87. The number of carbonyl (C=O) groups is 2. The van der Waals surface area contributed by atoms with E-state index < -0.39 is 28.5 Å². The Balaban J connectivity index is 1.43. The molecule has 180 valence electrons. The smallest absolute Gasteiger partial charge is 0.338 e. The van der Waals surface area contributed by atoms with E-state index in [4.69, 9.17) is 9.47 Å². The molecule has 1 aromatic heterocycles. The van der Waals surface area contributed by atoms with Crippen molar-refractivity contribution >= 4 is 27.7 Å². The van der Waals surface area contributed by atoms with E-state index in [0.717, 1.165) is 0 Å². The third kappa shape index (κ3) is 5.38. The second-order valence-electron chi connectivity index (χ2n) is 7.43. The Morgan fingerprint density at radius 2 is 1.86 bits per heavy atom. The van der Waals surface area contributed by atoms with Crippen LogP contribution >= 0.6 is 0 Å². The van der Waals surface area contributed by atoms with Gasteiger partial charge < -0.3 is 14.8 Å². The van der Waals surface area contributed by atoms with Gasteiger partial charge in [0.1, 0.15) is 11.6 Å². The lowest BCUT2D eigenvalue weighted by molar-refractivity contribution is -0.119. The average Bonchev–Trinajstić information content (AvgIpc) is 3.30. The molecule has 0 aliphatic carbocycles. The first-order chi connectivity index (χ1) is 16.9. The van der Waals surface area contributed by atoms with Crippen LogP contribution in [0.4, 0.5) is 5.82 Å². The number of amides is 1. The number of nitrogens with zero attached hydrogens (tertiary/aromatic N) is 4. The van der Waals surface area contributed by atoms with Crippen LogP contribution < -0.4 is 5.32 Å². The molecule has 4 rings (SSSR count). The maximum atomic E-state index is 12.8. The first-order valence-electron chi connectivity index (χ1n) is 10.6. The van der Waals surface area contributed by atoms with Crippen LogP contribution in [0.3, 0.4) is 0 Å². The summed E-state index contributed by atoms with van der Waals surface area (Å²) in [6.45, 7) is 0.395. The number of nitrogens with one attached hydrogen (secondary N) is 1. The predicted octanol–water partition coefficient (Wildman–Crippen LogP) is 1.56. The maximum Gasteiger partial charge on any atom is 0.338 e. The fourth-order valence-electron chi connectivity index (χ4n) is 3.42. The topological polar surface area (TPSA) is 144 Å². The number of carbonyl (C=O) groups excluding carboxylic acids is 2. The first kappa shape index (κ1) is 24.1. The van der Waals surface area contributed by atoms with Gasteiger partial charge in [0.05, 0.1) is 35.6 Å². The molecule has 0 spiro atoms. The summed E-state index contributed by atoms with van der Waals surface area (Å²) in [5, 5.41) is 16.0. The number of para-hydroxylation sites is 1. The molecule has 12 heteroatoms. The second-order valence-corrected chi connectivity index (χ2v) is 9.37. The van der Waals surface area contributed by atoms with E-state index in [1.807, 2.05) is 12.1 Å². The molecule has 1 amide bonds. The van der Waals surface area contributed by atoms with Crippen molar-refractivity contribution in [2.24, 2.45) is 0 Å². The summed E-state index contributed by atoms with van der Waals surface area (Å²) in [6.07, 6.45) is 1.31. The monoisotopic (exact) mass is 495 g/mol. The normalized spacial score (nSPS) is 14.1. The molecule has 2 heterocycles. The van der Waals surface area contributed by atoms with Crippen molar-refractivity contribution in [3.63, 3.8) is 0 Å². The molecule has 0 atom stereocenters. The molecule has 1 aliphatic rings. The molecule has 2 aromatic carbocycles. The van der Waals surface area contributed by atoms with Crippen LogP contribution in [0, 0.1) is 11.3 Å². The van der Waals surface area contributed by atoms with Crippen molar-refractivity contribution < 1.29 is 27.5 Å². The lowest BCUT2D eigenvalue weighted by Gasteiger charge is -2.26. The molecule has 0 radical (unpaired) electrons. The highest BCUT2D eigenvalue weighted by molar-refractivity contribution is 7.89. The number of rotatable bonds is 7. The second kappa shape index (κ2) is 10.5. The minimum Gasteiger partial charge on any atom is -0.452 e. The Kier molecular flexibility index (Phi) is 7.21. The fraction of sp³-hybridized carbons (Fsp3) is 0.217. The molecule has 1 saturated heterocycles. The lowest BCUT2D eigenvalue weighted by atomic mass is 10.2. The minimum absolute atomic E-state index is 0.0147. The van der Waals surface area contributed by atoms with Gasteiger partial charge in [-0.3, -0.25) is 4.79 Å². The molecule has 1 N–H and O–H groups in total. The minimum atomic E-state index is -3.80. The van der Waals surface area contributed by atoms with Crippen LogP contribution in [0.5, 0.6) is 0 Å². The van der Waals surface area contributed by atoms with Crippen LogP contribution in [0.25, 0.3) is 5.69 Å². The molecule has 0 bridgehead atoms. The van der Waals surface area contributed by atoms with E-state index in [-0.39, 0.29) is 34.9 Å². The summed E-state index contributed by atoms with van der Waals surface area (Å²) in [4.78, 5) is 24.9. The standard InChI is InChI=1S/C23H21N5O6S/c24-14-18-15-25-28(19-6-2-1-3-7-19)22(18)26-21(29)16-34-23(30)17-5-4-8-20(13-17)35(31,32)27-9-11-33-12-10-27/h1-8,13,15H,9-12,16H2,(H,26,29). The quantitative estimate of drug-likeness (QED) is 0.487. The van der Waals surface area contributed by atoms with Crippen molar-refractivity contribution in [1.82, 2.24) is 14.1 Å². The zero-order valence-corrected chi connectivity index (χ0v) is 19.3. The molecule has 3 aromatic rings. The van der Waals surface area contributed by atoms with E-state index in [2.05, 4.69) is 10.4 Å². The maximum absolute atomic E-state index is 12.8. The number of anilines is 1. The summed E-state index contributed by atoms with van der Waals surface area (Å²) < 4.78 is 38.6. The van der Waals surface area contributed by atoms with Crippen molar-refractivity contribution in [2.45, 2.75) is 4.90 Å². The van der Waals surface area contributed by atoms with Crippen molar-refractivity contribution in [3.05, 3.63) is 71.9 Å². The summed E-state index contributed by atoms with van der Waals surface area (Å²) in [7, 11) is -3.80. The number of benzene rings is 2. The number of hydrogen-bond donors (Lipinski definition) is 1. The molecule has 0 saturated carbocycles. The van der Waals surface area contributed by atoms with Gasteiger partial charge in [-0.15, -0.1) is 0 Å². The molecular formula is C23H21N5O6S. The van der Waals surface area contributed by atoms with E-state index in [1.165, 1.54) is 39.4 Å². The van der Waals surface area contributed by atoms with Crippen LogP contribution in [0.1, 0.15) is 15.9 Å². The van der Waals surface area contributed by atoms with Crippen LogP contribution in [-0.2, 0) is 24.3 Å². The van der Waals surface area contributed by atoms with E-state index in [0.29, 0.717) is 18.9 Å². The van der Waals surface area contributed by atoms with Gasteiger partial charge in [0.15, 0.2) is 12.4 Å². The number of ether oxygens (including phenoxy) is 2. The third-order valence-electron chi connectivity index (χ3n) is 5.16. The van der Waals surface area contributed by atoms with Gasteiger partial charge in [0, 0.05) is 13.1 Å². The van der Waals surface area contributed by atoms with Gasteiger partial charge in [-0.2, -0.15) is 14.7 Å². The predicted molar refractivity (Wildman–Crippen MR) is 123 cm³/mol. The van der Waals surface area contributed by atoms with Crippen molar-refractivity contribution in [3.8, 4) is 11.8 Å². The number of sulfonamides is 1. The molecule has 1 aliphatic heterocycles. The summed E-state index contributed by atoms with van der Waals surface area (Å²) in [6, 6.07) is 16.3. The van der Waals surface area contributed by atoms with Gasteiger partial charge in [-0.05, 0) is 30.3 Å². The summed E-state index contributed by atoms with van der Waals surface area (Å²) in [5.41, 5.74) is 0.744. The Morgan fingerprint density at radius 1 is 1.11 bits per heavy atom. The van der Waals surface area contributed by atoms with Gasteiger partial charge in [-0.1, -0.05) is 24.3 Å². The molecule has 0 unspecified atom stereocenters. The highest BCUT2D eigenvalue weighted by Crippen LogP contribution is 2.20. The number of morpholine rings is 1. The third-order valence-corrected chi connectivity index (χ3v) is 7.05. The number of hydrogen-bond acceptors (Lipinski definition) is 8. The lowest BCUT2D eigenvalue weighted by Crippen LogP contribution is -2.40. The highest BCUT2D eigenvalue weighted by Gasteiger charge is 2.27. The summed E-state index contributed by atoms with van der Waals surface area (Å²) in [5.74, 6) is -1.42. The largest absolute Gasteiger partial charge is 0.452 e. The Hall–Kier alpha value is -4.05. The molecule has 1 fully saturated rings. The van der Waals surface area contributed by atoms with Crippen molar-refractivity contribution in [1.29, 1.82) is 5.26 Å². The number of nitriles is 1. The van der Waals surface area contributed by atoms with Gasteiger partial charge in [-0.25, -0.2) is 17.9 Å². The van der Waals surface area contributed by atoms with E-state index in [9.17, 15) is 23.3 Å². The zero-order valence-electron chi connectivity index (χ0n) is 18.5. The van der Waals surface area contributed by atoms with Gasteiger partial charge >= 0.3 is 5.97 Å². The summed E-state index contributed by atoms with van der Waals surface area (Å²) >= 11 is 0. The van der Waals surface area contributed by atoms with Crippen LogP contribution in [0.15, 0.2) is 65.7 Å². The van der Waals surface area contributed by atoms with E-state index >= 15 is 0 Å². The van der Waals surface area contributed by atoms with Gasteiger partial charge in [0.25, 0.3) is 5.91 Å². The molecular weight excluding hydrogens is 474 g/mol. The zero-order chi connectivity index (χ0) is 24.8. The van der Waals surface area contributed by atoms with Gasteiger partial charge in [0.2, 0.25) is 10.0 Å². The van der Waals surface area contributed by atoms with Crippen molar-refractivity contribution in [2.75, 3.05) is 38.2 Å². The first-order valence-corrected chi connectivity index (χ1v) is 12.0. The SMILES string of the molecule is N#Cc1cnn(-c2ccccc2)c1NC(=O)COC(=O)c1cccc(S(=O)(=O)N2CCOCC2)c1.